The summed E-state index contributed by atoms with van der Waals surface area (Å²) in [4.78, 5) is 10.7. The lowest BCUT2D eigenvalue weighted by atomic mass is 10.2. The van der Waals surface area contributed by atoms with Crippen LogP contribution in [0, 0.1) is 5.82 Å². The molecule has 6 heteroatoms. The number of carbonyl (C=O) groups is 1. The van der Waals surface area contributed by atoms with E-state index in [1.54, 1.807) is 12.1 Å². The Balaban J connectivity index is 1.83. The highest BCUT2D eigenvalue weighted by Crippen LogP contribution is 2.27. The molecule has 0 aliphatic carbocycles. The Morgan fingerprint density at radius 1 is 1.10 bits per heavy atom. The third-order valence-corrected chi connectivity index (χ3v) is 2.92. The normalized spacial score (nSPS) is 10.2. The van der Waals surface area contributed by atoms with E-state index in [4.69, 9.17) is 26.2 Å². The number of para-hydroxylation sites is 1. The van der Waals surface area contributed by atoms with Crippen molar-refractivity contribution in [3.05, 3.63) is 58.9 Å². The molecule has 0 aromatic heterocycles. The van der Waals surface area contributed by atoms with Crippen molar-refractivity contribution >= 4 is 17.6 Å². The van der Waals surface area contributed by atoms with E-state index in [1.807, 2.05) is 0 Å². The lowest BCUT2D eigenvalue weighted by Crippen LogP contribution is -2.10. The standard InChI is InChI=1S/C15H12ClFO4/c16-12-2-1-3-13(17)14(12)21-9-8-20-11-6-4-10(5-7-11)15(18)19/h1-7H,8-9H2,(H,18,19). The molecule has 2 aromatic rings. The maximum Gasteiger partial charge on any atom is 0.335 e. The Bertz CT molecular complexity index is 608. The molecule has 0 aliphatic rings. The molecule has 0 radical (unpaired) electrons. The van der Waals surface area contributed by atoms with E-state index in [2.05, 4.69) is 0 Å². The minimum atomic E-state index is -1.00. The minimum absolute atomic E-state index is 0.0102. The SMILES string of the molecule is O=C(O)c1ccc(OCCOc2c(F)cccc2Cl)cc1. The summed E-state index contributed by atoms with van der Waals surface area (Å²) in [6.45, 7) is 0.290. The number of aromatic carboxylic acids is 1. The maximum absolute atomic E-state index is 13.4. The fourth-order valence-corrected chi connectivity index (χ4v) is 1.83. The van der Waals surface area contributed by atoms with Crippen molar-refractivity contribution in [2.75, 3.05) is 13.2 Å². The topological polar surface area (TPSA) is 55.8 Å². The summed E-state index contributed by atoms with van der Waals surface area (Å²) in [5, 5.41) is 8.95. The molecular formula is C15H12ClFO4. The van der Waals surface area contributed by atoms with E-state index in [1.165, 1.54) is 30.3 Å². The van der Waals surface area contributed by atoms with Crippen molar-refractivity contribution in [3.63, 3.8) is 0 Å². The van der Waals surface area contributed by atoms with Crippen LogP contribution in [0.5, 0.6) is 11.5 Å². The number of hydrogen-bond acceptors (Lipinski definition) is 3. The van der Waals surface area contributed by atoms with Gasteiger partial charge in [0.05, 0.1) is 10.6 Å². The van der Waals surface area contributed by atoms with Crippen LogP contribution < -0.4 is 9.47 Å². The second kappa shape index (κ2) is 6.95. The fraction of sp³-hybridized carbons (Fsp3) is 0.133. The molecule has 0 unspecified atom stereocenters. The van der Waals surface area contributed by atoms with Gasteiger partial charge in [0.15, 0.2) is 11.6 Å². The van der Waals surface area contributed by atoms with E-state index in [0.29, 0.717) is 5.75 Å². The summed E-state index contributed by atoms with van der Waals surface area (Å²) >= 11 is 5.81. The van der Waals surface area contributed by atoms with Crippen LogP contribution >= 0.6 is 11.6 Å². The molecular weight excluding hydrogens is 299 g/mol. The Labute approximate surface area is 125 Å². The lowest BCUT2D eigenvalue weighted by molar-refractivity contribution is 0.0697. The molecule has 0 heterocycles. The van der Waals surface area contributed by atoms with Gasteiger partial charge in [-0.2, -0.15) is 0 Å². The monoisotopic (exact) mass is 310 g/mol. The van der Waals surface area contributed by atoms with Gasteiger partial charge in [0.1, 0.15) is 19.0 Å². The Morgan fingerprint density at radius 3 is 2.38 bits per heavy atom. The third-order valence-electron chi connectivity index (χ3n) is 2.62. The first kappa shape index (κ1) is 15.1. The fourth-order valence-electron chi connectivity index (χ4n) is 1.62. The van der Waals surface area contributed by atoms with Crippen molar-refractivity contribution in [2.45, 2.75) is 0 Å². The predicted octanol–water partition coefficient (Wildman–Crippen LogP) is 3.64. The van der Waals surface area contributed by atoms with E-state index in [0.717, 1.165) is 0 Å². The summed E-state index contributed by atoms with van der Waals surface area (Å²) in [6.07, 6.45) is 0. The van der Waals surface area contributed by atoms with Crippen molar-refractivity contribution in [1.29, 1.82) is 0 Å². The van der Waals surface area contributed by atoms with Gasteiger partial charge >= 0.3 is 5.97 Å². The van der Waals surface area contributed by atoms with Gasteiger partial charge < -0.3 is 14.6 Å². The Kier molecular flexibility index (Phi) is 5.00. The largest absolute Gasteiger partial charge is 0.490 e. The van der Waals surface area contributed by atoms with Crippen LogP contribution in [0.25, 0.3) is 0 Å². The zero-order valence-corrected chi connectivity index (χ0v) is 11.6. The zero-order chi connectivity index (χ0) is 15.2. The summed E-state index contributed by atoms with van der Waals surface area (Å²) in [5.41, 5.74) is 0.178. The summed E-state index contributed by atoms with van der Waals surface area (Å²) in [6, 6.07) is 10.2. The van der Waals surface area contributed by atoms with Gasteiger partial charge in [-0.3, -0.25) is 0 Å². The molecule has 110 valence electrons. The minimum Gasteiger partial charge on any atom is -0.490 e. The van der Waals surface area contributed by atoms with E-state index >= 15 is 0 Å². The van der Waals surface area contributed by atoms with Crippen LogP contribution in [0.4, 0.5) is 4.39 Å². The molecule has 4 nitrogen and oxygen atoms in total. The van der Waals surface area contributed by atoms with Gasteiger partial charge in [-0.05, 0) is 36.4 Å². The highest BCUT2D eigenvalue weighted by atomic mass is 35.5. The molecule has 0 saturated heterocycles. The highest BCUT2D eigenvalue weighted by molar-refractivity contribution is 6.32. The molecule has 2 aromatic carbocycles. The maximum atomic E-state index is 13.4. The number of carboxylic acid groups (broad SMARTS) is 1. The molecule has 0 spiro atoms. The van der Waals surface area contributed by atoms with E-state index in [9.17, 15) is 9.18 Å². The number of carboxylic acids is 1. The number of halogens is 2. The summed E-state index contributed by atoms with van der Waals surface area (Å²) in [5.74, 6) is -1.04. The molecule has 21 heavy (non-hydrogen) atoms. The number of benzene rings is 2. The van der Waals surface area contributed by atoms with Gasteiger partial charge in [-0.1, -0.05) is 17.7 Å². The average molecular weight is 311 g/mol. The van der Waals surface area contributed by atoms with Crippen LogP contribution in [0.3, 0.4) is 0 Å². The van der Waals surface area contributed by atoms with Crippen molar-refractivity contribution in [1.82, 2.24) is 0 Å². The molecule has 0 fully saturated rings. The number of ether oxygens (including phenoxy) is 2. The summed E-state index contributed by atoms with van der Waals surface area (Å²) in [7, 11) is 0. The van der Waals surface area contributed by atoms with E-state index in [-0.39, 0.29) is 29.5 Å². The first-order valence-corrected chi connectivity index (χ1v) is 6.48. The number of hydrogen-bond donors (Lipinski definition) is 1. The van der Waals surface area contributed by atoms with Crippen LogP contribution in [0.15, 0.2) is 42.5 Å². The predicted molar refractivity (Wildman–Crippen MR) is 75.8 cm³/mol. The summed E-state index contributed by atoms with van der Waals surface area (Å²) < 4.78 is 24.0. The lowest BCUT2D eigenvalue weighted by Gasteiger charge is -2.10. The van der Waals surface area contributed by atoms with Crippen LogP contribution in [0.2, 0.25) is 5.02 Å². The average Bonchev–Trinajstić information content (AvgIpc) is 2.46. The second-order valence-corrected chi connectivity index (χ2v) is 4.48. The Hall–Kier alpha value is -2.27. The third kappa shape index (κ3) is 4.10. The molecule has 0 bridgehead atoms. The van der Waals surface area contributed by atoms with Crippen LogP contribution in [-0.2, 0) is 0 Å². The smallest absolute Gasteiger partial charge is 0.335 e. The quantitative estimate of drug-likeness (QED) is 0.828. The second-order valence-electron chi connectivity index (χ2n) is 4.08. The number of rotatable bonds is 6. The van der Waals surface area contributed by atoms with Gasteiger partial charge in [-0.15, -0.1) is 0 Å². The van der Waals surface area contributed by atoms with Crippen LogP contribution in [0.1, 0.15) is 10.4 Å². The van der Waals surface area contributed by atoms with Crippen molar-refractivity contribution in [3.8, 4) is 11.5 Å². The van der Waals surface area contributed by atoms with Gasteiger partial charge in [0.25, 0.3) is 0 Å². The molecule has 0 amide bonds. The van der Waals surface area contributed by atoms with E-state index < -0.39 is 11.8 Å². The molecule has 1 N–H and O–H groups in total. The molecule has 0 atom stereocenters. The van der Waals surface area contributed by atoms with Crippen molar-refractivity contribution in [2.24, 2.45) is 0 Å². The molecule has 0 saturated carbocycles. The first-order chi connectivity index (χ1) is 10.1. The van der Waals surface area contributed by atoms with Crippen molar-refractivity contribution < 1.29 is 23.8 Å². The highest BCUT2D eigenvalue weighted by Gasteiger charge is 2.08. The van der Waals surface area contributed by atoms with Gasteiger partial charge in [0.2, 0.25) is 0 Å². The Morgan fingerprint density at radius 2 is 1.76 bits per heavy atom. The molecule has 0 aliphatic heterocycles. The van der Waals surface area contributed by atoms with Gasteiger partial charge in [-0.25, -0.2) is 9.18 Å². The first-order valence-electron chi connectivity index (χ1n) is 6.11. The molecule has 2 rings (SSSR count). The van der Waals surface area contributed by atoms with Crippen LogP contribution in [-0.4, -0.2) is 24.3 Å². The van der Waals surface area contributed by atoms with Gasteiger partial charge in [0, 0.05) is 0 Å². The zero-order valence-electron chi connectivity index (χ0n) is 10.9.